The quantitative estimate of drug-likeness (QED) is 0.676. The van der Waals surface area contributed by atoms with Crippen molar-refractivity contribution >= 4 is 23.4 Å². The summed E-state index contributed by atoms with van der Waals surface area (Å²) in [6.07, 6.45) is 0.631. The van der Waals surface area contributed by atoms with E-state index in [1.165, 1.54) is 23.1 Å². The molecule has 0 saturated carbocycles. The van der Waals surface area contributed by atoms with Gasteiger partial charge in [0, 0.05) is 17.8 Å². The number of carbonyl (C=O) groups is 3. The van der Waals surface area contributed by atoms with Crippen molar-refractivity contribution in [3.05, 3.63) is 59.9 Å². The van der Waals surface area contributed by atoms with Gasteiger partial charge in [-0.3, -0.25) is 14.4 Å². The van der Waals surface area contributed by atoms with Gasteiger partial charge >= 0.3 is 0 Å². The van der Waals surface area contributed by atoms with Crippen LogP contribution in [0.2, 0.25) is 0 Å². The average molecular weight is 401 g/mol. The fourth-order valence-electron chi connectivity index (χ4n) is 2.61. The van der Waals surface area contributed by atoms with Gasteiger partial charge in [0.2, 0.25) is 11.8 Å². The van der Waals surface area contributed by atoms with Crippen LogP contribution in [-0.2, 0) is 9.59 Å². The summed E-state index contributed by atoms with van der Waals surface area (Å²) < 4.78 is 18.4. The number of carbonyl (C=O) groups excluding carboxylic acids is 3. The van der Waals surface area contributed by atoms with Crippen molar-refractivity contribution in [3.8, 4) is 5.75 Å². The van der Waals surface area contributed by atoms with E-state index in [1.54, 1.807) is 31.4 Å². The molecule has 2 N–H and O–H groups in total. The lowest BCUT2D eigenvalue weighted by molar-refractivity contribution is -0.124. The number of nitrogens with one attached hydrogen (secondary N) is 2. The van der Waals surface area contributed by atoms with Crippen molar-refractivity contribution in [2.75, 3.05) is 32.1 Å². The van der Waals surface area contributed by atoms with Crippen LogP contribution in [0.5, 0.6) is 5.75 Å². The molecule has 2 aromatic rings. The number of benzene rings is 2. The molecule has 0 aliphatic carbocycles. The molecule has 0 aromatic heterocycles. The highest BCUT2D eigenvalue weighted by Gasteiger charge is 2.19. The van der Waals surface area contributed by atoms with Gasteiger partial charge in [0.25, 0.3) is 5.91 Å². The molecular weight excluding hydrogens is 377 g/mol. The van der Waals surface area contributed by atoms with Crippen LogP contribution in [-0.4, -0.2) is 49.4 Å². The summed E-state index contributed by atoms with van der Waals surface area (Å²) in [4.78, 5) is 38.1. The maximum absolute atomic E-state index is 13.4. The summed E-state index contributed by atoms with van der Waals surface area (Å²) in [6.45, 7) is 1.74. The largest absolute Gasteiger partial charge is 0.497 e. The second-order valence-electron chi connectivity index (χ2n) is 6.29. The molecule has 3 amide bonds. The molecular formula is C21H24FN3O4. The average Bonchev–Trinajstić information content (AvgIpc) is 2.72. The van der Waals surface area contributed by atoms with E-state index in [9.17, 15) is 18.8 Å². The minimum absolute atomic E-state index is 0.170. The van der Waals surface area contributed by atoms with E-state index >= 15 is 0 Å². The van der Waals surface area contributed by atoms with Crippen LogP contribution in [0.1, 0.15) is 23.7 Å². The lowest BCUT2D eigenvalue weighted by Gasteiger charge is -2.21. The van der Waals surface area contributed by atoms with E-state index in [0.717, 1.165) is 6.07 Å². The van der Waals surface area contributed by atoms with E-state index in [4.69, 9.17) is 4.74 Å². The lowest BCUT2D eigenvalue weighted by Crippen LogP contribution is -2.43. The summed E-state index contributed by atoms with van der Waals surface area (Å²) >= 11 is 0. The van der Waals surface area contributed by atoms with Gasteiger partial charge in [0.15, 0.2) is 0 Å². The van der Waals surface area contributed by atoms with E-state index < -0.39 is 23.5 Å². The predicted octanol–water partition coefficient (Wildman–Crippen LogP) is 2.44. The first kappa shape index (κ1) is 21.9. The topological polar surface area (TPSA) is 87.7 Å². The molecule has 0 fully saturated rings. The Labute approximate surface area is 168 Å². The Balaban J connectivity index is 1.87. The molecule has 7 nitrogen and oxygen atoms in total. The zero-order valence-electron chi connectivity index (χ0n) is 16.4. The third-order valence-electron chi connectivity index (χ3n) is 4.01. The molecule has 0 heterocycles. The number of anilines is 1. The van der Waals surface area contributed by atoms with Crippen LogP contribution in [0.4, 0.5) is 10.1 Å². The van der Waals surface area contributed by atoms with Crippen molar-refractivity contribution < 1.29 is 23.5 Å². The highest BCUT2D eigenvalue weighted by atomic mass is 19.1. The highest BCUT2D eigenvalue weighted by molar-refractivity contribution is 5.98. The van der Waals surface area contributed by atoms with Gasteiger partial charge in [-0.15, -0.1) is 0 Å². The molecule has 2 rings (SSSR count). The molecule has 0 unspecified atom stereocenters. The third-order valence-corrected chi connectivity index (χ3v) is 4.01. The molecule has 0 aliphatic heterocycles. The number of halogens is 1. The Hall–Kier alpha value is -3.42. The standard InChI is InChI=1S/C21H24FN3O4/c1-3-11-25(21(28)15-5-4-6-16(22)12-15)14-20(27)23-13-19(26)24-17-7-9-18(29-2)10-8-17/h4-10,12H,3,11,13-14H2,1-2H3,(H,23,27)(H,24,26). The molecule has 154 valence electrons. The van der Waals surface area contributed by atoms with Crippen LogP contribution in [0.3, 0.4) is 0 Å². The summed E-state index contributed by atoms with van der Waals surface area (Å²) in [7, 11) is 1.55. The Morgan fingerprint density at radius 3 is 2.41 bits per heavy atom. The normalized spacial score (nSPS) is 10.2. The van der Waals surface area contributed by atoms with Crippen LogP contribution in [0.15, 0.2) is 48.5 Å². The minimum Gasteiger partial charge on any atom is -0.497 e. The highest BCUT2D eigenvalue weighted by Crippen LogP contribution is 2.14. The van der Waals surface area contributed by atoms with Crippen molar-refractivity contribution in [1.29, 1.82) is 0 Å². The van der Waals surface area contributed by atoms with Crippen LogP contribution >= 0.6 is 0 Å². The summed E-state index contributed by atoms with van der Waals surface area (Å²) in [5.74, 6) is -1.18. The van der Waals surface area contributed by atoms with Crippen molar-refractivity contribution in [2.24, 2.45) is 0 Å². The van der Waals surface area contributed by atoms with Gasteiger partial charge < -0.3 is 20.3 Å². The molecule has 0 saturated heterocycles. The van der Waals surface area contributed by atoms with Crippen LogP contribution in [0.25, 0.3) is 0 Å². The number of methoxy groups -OCH3 is 1. The maximum atomic E-state index is 13.4. The SMILES string of the molecule is CCCN(CC(=O)NCC(=O)Nc1ccc(OC)cc1)C(=O)c1cccc(F)c1. The summed E-state index contributed by atoms with van der Waals surface area (Å²) in [5, 5.41) is 5.14. The molecule has 0 atom stereocenters. The number of hydrogen-bond donors (Lipinski definition) is 2. The Morgan fingerprint density at radius 2 is 1.79 bits per heavy atom. The van der Waals surface area contributed by atoms with E-state index in [0.29, 0.717) is 24.4 Å². The minimum atomic E-state index is -0.521. The second kappa shape index (κ2) is 10.8. The van der Waals surface area contributed by atoms with Gasteiger partial charge in [-0.25, -0.2) is 4.39 Å². The van der Waals surface area contributed by atoms with Gasteiger partial charge in [-0.05, 0) is 48.9 Å². The first-order valence-electron chi connectivity index (χ1n) is 9.18. The lowest BCUT2D eigenvalue weighted by atomic mass is 10.2. The molecule has 0 bridgehead atoms. The Kier molecular flexibility index (Phi) is 8.14. The number of hydrogen-bond acceptors (Lipinski definition) is 4. The molecule has 0 spiro atoms. The number of ether oxygens (including phenoxy) is 1. The van der Waals surface area contributed by atoms with Crippen LogP contribution < -0.4 is 15.4 Å². The molecule has 0 aliphatic rings. The number of amides is 3. The fourth-order valence-corrected chi connectivity index (χ4v) is 2.61. The summed E-state index contributed by atoms with van der Waals surface area (Å²) in [6, 6.07) is 12.1. The zero-order valence-corrected chi connectivity index (χ0v) is 16.4. The van der Waals surface area contributed by atoms with Gasteiger partial charge in [0.05, 0.1) is 20.2 Å². The second-order valence-corrected chi connectivity index (χ2v) is 6.29. The first-order valence-corrected chi connectivity index (χ1v) is 9.18. The molecule has 8 heteroatoms. The third kappa shape index (κ3) is 6.91. The first-order chi connectivity index (χ1) is 13.9. The molecule has 0 radical (unpaired) electrons. The zero-order chi connectivity index (χ0) is 21.2. The number of nitrogens with zero attached hydrogens (tertiary/aromatic N) is 1. The van der Waals surface area contributed by atoms with Crippen LogP contribution in [0, 0.1) is 5.82 Å². The van der Waals surface area contributed by atoms with E-state index in [2.05, 4.69) is 10.6 Å². The summed E-state index contributed by atoms with van der Waals surface area (Å²) in [5.41, 5.74) is 0.738. The van der Waals surface area contributed by atoms with Crippen molar-refractivity contribution in [2.45, 2.75) is 13.3 Å². The number of rotatable bonds is 9. The van der Waals surface area contributed by atoms with Gasteiger partial charge in [-0.1, -0.05) is 13.0 Å². The monoisotopic (exact) mass is 401 g/mol. The van der Waals surface area contributed by atoms with Gasteiger partial charge in [-0.2, -0.15) is 0 Å². The molecule has 2 aromatic carbocycles. The maximum Gasteiger partial charge on any atom is 0.254 e. The smallest absolute Gasteiger partial charge is 0.254 e. The van der Waals surface area contributed by atoms with E-state index in [1.807, 2.05) is 6.92 Å². The van der Waals surface area contributed by atoms with Crippen molar-refractivity contribution in [1.82, 2.24) is 10.2 Å². The Morgan fingerprint density at radius 1 is 1.07 bits per heavy atom. The molecule has 29 heavy (non-hydrogen) atoms. The van der Waals surface area contributed by atoms with Crippen molar-refractivity contribution in [3.63, 3.8) is 0 Å². The van der Waals surface area contributed by atoms with Gasteiger partial charge in [0.1, 0.15) is 11.6 Å². The predicted molar refractivity (Wildman–Crippen MR) is 107 cm³/mol. The van der Waals surface area contributed by atoms with E-state index in [-0.39, 0.29) is 18.7 Å². The fraction of sp³-hybridized carbons (Fsp3) is 0.286. The Bertz CT molecular complexity index is 855.